The van der Waals surface area contributed by atoms with Crippen molar-refractivity contribution in [2.24, 2.45) is 46.3 Å². The molecule has 0 spiro atoms. The SMILES string of the molecule is CC(CCC(=O)O)C1CCC2C3C(O)CC4CC(O)C(O)(O)C(O)(O)C4(C)C3CC(O)C12C. The summed E-state index contributed by atoms with van der Waals surface area (Å²) in [6, 6.07) is 0. The molecule has 11 unspecified atom stereocenters. The highest BCUT2D eigenvalue weighted by molar-refractivity contribution is 5.66. The number of hydrogen-bond donors (Lipinski definition) is 8. The Balaban J connectivity index is 1.71. The molecule has 190 valence electrons. The van der Waals surface area contributed by atoms with Crippen molar-refractivity contribution in [1.82, 2.24) is 0 Å². The van der Waals surface area contributed by atoms with Gasteiger partial charge in [0, 0.05) is 11.8 Å². The fourth-order valence-electron chi connectivity index (χ4n) is 8.86. The van der Waals surface area contributed by atoms with E-state index < -0.39 is 58.5 Å². The van der Waals surface area contributed by atoms with E-state index in [0.717, 1.165) is 6.42 Å². The molecule has 4 aliphatic rings. The Morgan fingerprint density at radius 3 is 2.18 bits per heavy atom. The minimum Gasteiger partial charge on any atom is -0.481 e. The number of fused-ring (bicyclic) bond motifs is 5. The van der Waals surface area contributed by atoms with Crippen molar-refractivity contribution in [3.05, 3.63) is 0 Å². The molecule has 0 radical (unpaired) electrons. The molecule has 4 rings (SSSR count). The Morgan fingerprint density at radius 1 is 0.939 bits per heavy atom. The van der Waals surface area contributed by atoms with Crippen LogP contribution in [0, 0.1) is 46.3 Å². The maximum Gasteiger partial charge on any atom is 0.303 e. The van der Waals surface area contributed by atoms with Gasteiger partial charge >= 0.3 is 5.97 Å². The number of rotatable bonds is 4. The van der Waals surface area contributed by atoms with E-state index in [1.165, 1.54) is 0 Å². The average Bonchev–Trinajstić information content (AvgIpc) is 3.07. The van der Waals surface area contributed by atoms with Crippen LogP contribution in [0.25, 0.3) is 0 Å². The largest absolute Gasteiger partial charge is 0.481 e. The van der Waals surface area contributed by atoms with Gasteiger partial charge in [0.15, 0.2) is 0 Å². The molecular formula is C24H40O9. The second-order valence-corrected chi connectivity index (χ2v) is 11.9. The number of carboxylic acid groups (broad SMARTS) is 1. The Bertz CT molecular complexity index is 784. The first-order chi connectivity index (χ1) is 15.1. The summed E-state index contributed by atoms with van der Waals surface area (Å²) in [4.78, 5) is 11.1. The smallest absolute Gasteiger partial charge is 0.303 e. The number of aliphatic hydroxyl groups is 7. The molecule has 0 aromatic heterocycles. The summed E-state index contributed by atoms with van der Waals surface area (Å²) in [5.41, 5.74) is -2.03. The number of aliphatic carboxylic acids is 1. The van der Waals surface area contributed by atoms with Crippen LogP contribution in [0.3, 0.4) is 0 Å². The lowest BCUT2D eigenvalue weighted by Crippen LogP contribution is -2.78. The van der Waals surface area contributed by atoms with Crippen molar-refractivity contribution < 1.29 is 45.6 Å². The molecule has 33 heavy (non-hydrogen) atoms. The molecule has 4 saturated carbocycles. The fourth-order valence-corrected chi connectivity index (χ4v) is 8.86. The Kier molecular flexibility index (Phi) is 6.01. The topological polar surface area (TPSA) is 179 Å². The summed E-state index contributed by atoms with van der Waals surface area (Å²) in [6.45, 7) is 5.59. The monoisotopic (exact) mass is 472 g/mol. The standard InChI is InChI=1S/C24H40O9/c1-11(4-7-19(28)29)13-5-6-14-20-15(10-17(26)21(13,14)2)22(3)12(8-16(20)25)9-18(27)23(30,31)24(22,32)33/h11-18,20,25-27,30-33H,4-10H2,1-3H3,(H,28,29). The Morgan fingerprint density at radius 2 is 1.58 bits per heavy atom. The molecule has 11 atom stereocenters. The van der Waals surface area contributed by atoms with Gasteiger partial charge in [-0.15, -0.1) is 0 Å². The predicted octanol–water partition coefficient (Wildman–Crippen LogP) is 0.0303. The number of carboxylic acids is 1. The zero-order valence-corrected chi connectivity index (χ0v) is 19.6. The summed E-state index contributed by atoms with van der Waals surface area (Å²) >= 11 is 0. The van der Waals surface area contributed by atoms with E-state index in [2.05, 4.69) is 0 Å². The highest BCUT2D eigenvalue weighted by Gasteiger charge is 2.76. The molecule has 4 aliphatic carbocycles. The summed E-state index contributed by atoms with van der Waals surface area (Å²) in [5.74, 6) is -8.60. The van der Waals surface area contributed by atoms with Crippen LogP contribution >= 0.6 is 0 Å². The van der Waals surface area contributed by atoms with Crippen LogP contribution in [0.5, 0.6) is 0 Å². The first kappa shape index (κ1) is 25.3. The van der Waals surface area contributed by atoms with Gasteiger partial charge in [0.2, 0.25) is 11.6 Å². The van der Waals surface area contributed by atoms with Crippen molar-refractivity contribution in [2.75, 3.05) is 0 Å². The van der Waals surface area contributed by atoms with Crippen LogP contribution in [-0.4, -0.2) is 76.7 Å². The van der Waals surface area contributed by atoms with Crippen molar-refractivity contribution in [1.29, 1.82) is 0 Å². The number of aliphatic hydroxyl groups excluding tert-OH is 3. The van der Waals surface area contributed by atoms with Gasteiger partial charge in [-0.25, -0.2) is 0 Å². The van der Waals surface area contributed by atoms with Crippen LogP contribution in [0.2, 0.25) is 0 Å². The third kappa shape index (κ3) is 3.20. The maximum atomic E-state index is 11.5. The molecule has 0 aliphatic heterocycles. The second kappa shape index (κ2) is 7.85. The van der Waals surface area contributed by atoms with Crippen LogP contribution in [-0.2, 0) is 4.79 Å². The fraction of sp³-hybridized carbons (Fsp3) is 0.958. The highest BCUT2D eigenvalue weighted by Crippen LogP contribution is 2.70. The first-order valence-electron chi connectivity index (χ1n) is 12.3. The van der Waals surface area contributed by atoms with Crippen LogP contribution in [0.1, 0.15) is 65.7 Å². The van der Waals surface area contributed by atoms with Crippen molar-refractivity contribution in [3.63, 3.8) is 0 Å². The van der Waals surface area contributed by atoms with E-state index in [4.69, 9.17) is 5.11 Å². The van der Waals surface area contributed by atoms with Gasteiger partial charge in [-0.2, -0.15) is 0 Å². The van der Waals surface area contributed by atoms with Gasteiger partial charge in [-0.1, -0.05) is 20.8 Å². The molecular weight excluding hydrogens is 432 g/mol. The van der Waals surface area contributed by atoms with E-state index in [1.807, 2.05) is 13.8 Å². The Hall–Kier alpha value is -0.810. The van der Waals surface area contributed by atoms with Gasteiger partial charge in [0.25, 0.3) is 0 Å². The molecule has 8 N–H and O–H groups in total. The molecule has 9 heteroatoms. The lowest BCUT2D eigenvalue weighted by atomic mass is 9.41. The lowest BCUT2D eigenvalue weighted by molar-refractivity contribution is -0.461. The zero-order chi connectivity index (χ0) is 24.7. The van der Waals surface area contributed by atoms with E-state index in [-0.39, 0.29) is 49.4 Å². The third-order valence-corrected chi connectivity index (χ3v) is 10.8. The van der Waals surface area contributed by atoms with Gasteiger partial charge in [0.05, 0.1) is 12.2 Å². The van der Waals surface area contributed by atoms with Gasteiger partial charge in [-0.3, -0.25) is 4.79 Å². The van der Waals surface area contributed by atoms with Crippen LogP contribution in [0.15, 0.2) is 0 Å². The van der Waals surface area contributed by atoms with E-state index >= 15 is 0 Å². The zero-order valence-electron chi connectivity index (χ0n) is 19.6. The summed E-state index contributed by atoms with van der Waals surface area (Å²) < 4.78 is 0. The van der Waals surface area contributed by atoms with E-state index in [1.54, 1.807) is 6.92 Å². The number of carbonyl (C=O) groups is 1. The lowest BCUT2D eigenvalue weighted by Gasteiger charge is -2.67. The van der Waals surface area contributed by atoms with Crippen molar-refractivity contribution in [3.8, 4) is 0 Å². The third-order valence-electron chi connectivity index (χ3n) is 10.8. The number of hydrogen-bond acceptors (Lipinski definition) is 8. The summed E-state index contributed by atoms with van der Waals surface area (Å²) in [7, 11) is 0. The van der Waals surface area contributed by atoms with Crippen molar-refractivity contribution >= 4 is 5.97 Å². The molecule has 0 heterocycles. The summed E-state index contributed by atoms with van der Waals surface area (Å²) in [6.07, 6.45) is -1.11. The van der Waals surface area contributed by atoms with Crippen LogP contribution < -0.4 is 0 Å². The average molecular weight is 473 g/mol. The highest BCUT2D eigenvalue weighted by atomic mass is 16.6. The Labute approximate surface area is 194 Å². The predicted molar refractivity (Wildman–Crippen MR) is 115 cm³/mol. The van der Waals surface area contributed by atoms with Crippen molar-refractivity contribution in [2.45, 2.75) is 95.6 Å². The normalized spacial score (nSPS) is 51.2. The summed E-state index contributed by atoms with van der Waals surface area (Å²) in [5, 5.41) is 85.2. The molecule has 4 fully saturated rings. The van der Waals surface area contributed by atoms with E-state index in [0.29, 0.717) is 12.8 Å². The minimum absolute atomic E-state index is 0.0535. The maximum absolute atomic E-state index is 11.5. The second-order valence-electron chi connectivity index (χ2n) is 11.9. The molecule has 0 saturated heterocycles. The van der Waals surface area contributed by atoms with Gasteiger partial charge in [0.1, 0.15) is 6.10 Å². The van der Waals surface area contributed by atoms with E-state index in [9.17, 15) is 40.5 Å². The molecule has 0 bridgehead atoms. The quantitative estimate of drug-likeness (QED) is 0.262. The van der Waals surface area contributed by atoms with Gasteiger partial charge < -0.3 is 40.9 Å². The van der Waals surface area contributed by atoms with Gasteiger partial charge in [-0.05, 0) is 79.4 Å². The first-order valence-corrected chi connectivity index (χ1v) is 12.3. The van der Waals surface area contributed by atoms with Crippen LogP contribution in [0.4, 0.5) is 0 Å². The molecule has 9 nitrogen and oxygen atoms in total. The molecule has 0 aromatic rings. The minimum atomic E-state index is -3.14. The molecule has 0 aromatic carbocycles. The molecule has 0 amide bonds.